The van der Waals surface area contributed by atoms with Crippen molar-refractivity contribution >= 4 is 11.6 Å². The van der Waals surface area contributed by atoms with E-state index in [2.05, 4.69) is 0 Å². The second kappa shape index (κ2) is 5.09. The lowest BCUT2D eigenvalue weighted by molar-refractivity contribution is -0.0107. The van der Waals surface area contributed by atoms with Gasteiger partial charge in [0.05, 0.1) is 18.4 Å². The fourth-order valence-electron chi connectivity index (χ4n) is 2.44. The standard InChI is InChI=1S/C14H20N2O3/c1-14(18)6-3-7-16(9-14)13(17)10-4-5-12(19-2)11(15)8-10/h4-5,8,18H,3,6-7,9,15H2,1-2H3. The number of benzene rings is 1. The average Bonchev–Trinajstić information content (AvgIpc) is 2.36. The van der Waals surface area contributed by atoms with E-state index in [1.54, 1.807) is 30.0 Å². The van der Waals surface area contributed by atoms with Crippen LogP contribution in [0.15, 0.2) is 18.2 Å². The number of methoxy groups -OCH3 is 1. The zero-order valence-corrected chi connectivity index (χ0v) is 11.3. The van der Waals surface area contributed by atoms with E-state index < -0.39 is 5.60 Å². The lowest BCUT2D eigenvalue weighted by Crippen LogP contribution is -2.48. The molecule has 19 heavy (non-hydrogen) atoms. The molecule has 1 aliphatic rings. The number of nitrogens with zero attached hydrogens (tertiary/aromatic N) is 1. The van der Waals surface area contributed by atoms with Crippen molar-refractivity contribution in [1.29, 1.82) is 0 Å². The Hall–Kier alpha value is -1.75. The number of ether oxygens (including phenoxy) is 1. The molecule has 104 valence electrons. The van der Waals surface area contributed by atoms with Crippen molar-refractivity contribution in [2.45, 2.75) is 25.4 Å². The Morgan fingerprint density at radius 2 is 2.26 bits per heavy atom. The highest BCUT2D eigenvalue weighted by molar-refractivity contribution is 5.95. The van der Waals surface area contributed by atoms with Gasteiger partial charge in [-0.15, -0.1) is 0 Å². The van der Waals surface area contributed by atoms with E-state index in [4.69, 9.17) is 10.5 Å². The first-order valence-electron chi connectivity index (χ1n) is 6.38. The van der Waals surface area contributed by atoms with E-state index in [1.807, 2.05) is 0 Å². The van der Waals surface area contributed by atoms with Gasteiger partial charge in [0.25, 0.3) is 5.91 Å². The molecule has 1 unspecified atom stereocenters. The number of amides is 1. The summed E-state index contributed by atoms with van der Waals surface area (Å²) >= 11 is 0. The second-order valence-corrected chi connectivity index (χ2v) is 5.28. The lowest BCUT2D eigenvalue weighted by Gasteiger charge is -2.36. The van der Waals surface area contributed by atoms with E-state index in [0.717, 1.165) is 12.8 Å². The molecule has 1 amide bonds. The number of likely N-dealkylation sites (tertiary alicyclic amines) is 1. The Morgan fingerprint density at radius 1 is 1.53 bits per heavy atom. The van der Waals surface area contributed by atoms with Crippen LogP contribution in [0.3, 0.4) is 0 Å². The zero-order chi connectivity index (χ0) is 14.0. The van der Waals surface area contributed by atoms with Crippen molar-refractivity contribution in [3.63, 3.8) is 0 Å². The van der Waals surface area contributed by atoms with E-state index in [-0.39, 0.29) is 5.91 Å². The van der Waals surface area contributed by atoms with Crippen molar-refractivity contribution < 1.29 is 14.6 Å². The molecule has 1 saturated heterocycles. The molecular weight excluding hydrogens is 244 g/mol. The molecule has 0 spiro atoms. The van der Waals surface area contributed by atoms with Gasteiger partial charge in [-0.05, 0) is 38.0 Å². The average molecular weight is 264 g/mol. The first kappa shape index (κ1) is 13.7. The molecule has 1 aromatic rings. The predicted molar refractivity (Wildman–Crippen MR) is 73.2 cm³/mol. The lowest BCUT2D eigenvalue weighted by atomic mass is 9.94. The number of carbonyl (C=O) groups excluding carboxylic acids is 1. The Bertz CT molecular complexity index is 486. The molecule has 1 aliphatic heterocycles. The van der Waals surface area contributed by atoms with Crippen molar-refractivity contribution in [2.24, 2.45) is 0 Å². The summed E-state index contributed by atoms with van der Waals surface area (Å²) in [5.41, 5.74) is 5.97. The number of hydrogen-bond acceptors (Lipinski definition) is 4. The van der Waals surface area contributed by atoms with Crippen LogP contribution in [0.5, 0.6) is 5.75 Å². The topological polar surface area (TPSA) is 75.8 Å². The van der Waals surface area contributed by atoms with Crippen molar-refractivity contribution in [3.05, 3.63) is 23.8 Å². The first-order chi connectivity index (χ1) is 8.93. The maximum Gasteiger partial charge on any atom is 0.254 e. The van der Waals surface area contributed by atoms with Gasteiger partial charge in [-0.2, -0.15) is 0 Å². The van der Waals surface area contributed by atoms with E-state index in [1.165, 1.54) is 7.11 Å². The maximum absolute atomic E-state index is 12.4. The summed E-state index contributed by atoms with van der Waals surface area (Å²) in [6.07, 6.45) is 1.53. The number of β-amino-alcohol motifs (C(OH)–C–C–N with tert-alkyl or cyclic N) is 1. The van der Waals surface area contributed by atoms with Gasteiger partial charge >= 0.3 is 0 Å². The van der Waals surface area contributed by atoms with E-state index >= 15 is 0 Å². The van der Waals surface area contributed by atoms with Crippen LogP contribution in [-0.2, 0) is 0 Å². The van der Waals surface area contributed by atoms with Crippen LogP contribution in [0.4, 0.5) is 5.69 Å². The monoisotopic (exact) mass is 264 g/mol. The molecule has 2 rings (SSSR count). The summed E-state index contributed by atoms with van der Waals surface area (Å²) in [6, 6.07) is 5.00. The molecule has 1 atom stereocenters. The van der Waals surface area contributed by atoms with Gasteiger partial charge in [0.1, 0.15) is 5.75 Å². The van der Waals surface area contributed by atoms with E-state index in [0.29, 0.717) is 30.1 Å². The van der Waals surface area contributed by atoms with Gasteiger partial charge in [-0.25, -0.2) is 0 Å². The molecule has 0 aliphatic carbocycles. The van der Waals surface area contributed by atoms with Gasteiger partial charge in [-0.3, -0.25) is 4.79 Å². The second-order valence-electron chi connectivity index (χ2n) is 5.28. The minimum Gasteiger partial charge on any atom is -0.495 e. The molecule has 5 heteroatoms. The predicted octanol–water partition coefficient (Wildman–Crippen LogP) is 1.26. The number of hydrogen-bond donors (Lipinski definition) is 2. The van der Waals surface area contributed by atoms with Crippen LogP contribution >= 0.6 is 0 Å². The third-order valence-electron chi connectivity index (χ3n) is 3.44. The number of carbonyl (C=O) groups is 1. The molecule has 3 N–H and O–H groups in total. The summed E-state index contributed by atoms with van der Waals surface area (Å²) in [7, 11) is 1.54. The number of nitrogen functional groups attached to an aromatic ring is 1. The van der Waals surface area contributed by atoms with Gasteiger partial charge in [0.2, 0.25) is 0 Å². The van der Waals surface area contributed by atoms with Gasteiger partial charge in [-0.1, -0.05) is 0 Å². The highest BCUT2D eigenvalue weighted by Crippen LogP contribution is 2.25. The maximum atomic E-state index is 12.4. The van der Waals surface area contributed by atoms with E-state index in [9.17, 15) is 9.90 Å². The number of anilines is 1. The Balaban J connectivity index is 2.17. The molecule has 0 saturated carbocycles. The molecule has 1 aromatic carbocycles. The van der Waals surface area contributed by atoms with Crippen LogP contribution in [0.1, 0.15) is 30.1 Å². The molecule has 1 heterocycles. The molecule has 1 fully saturated rings. The van der Waals surface area contributed by atoms with Gasteiger partial charge in [0.15, 0.2) is 0 Å². The highest BCUT2D eigenvalue weighted by Gasteiger charge is 2.31. The summed E-state index contributed by atoms with van der Waals surface area (Å²) in [6.45, 7) is 2.79. The summed E-state index contributed by atoms with van der Waals surface area (Å²) in [5, 5.41) is 10.0. The highest BCUT2D eigenvalue weighted by atomic mass is 16.5. The fourth-order valence-corrected chi connectivity index (χ4v) is 2.44. The third kappa shape index (κ3) is 2.98. The van der Waals surface area contributed by atoms with Crippen molar-refractivity contribution in [1.82, 2.24) is 4.90 Å². The Morgan fingerprint density at radius 3 is 2.84 bits per heavy atom. The van der Waals surface area contributed by atoms with Gasteiger partial charge in [0, 0.05) is 18.7 Å². The van der Waals surface area contributed by atoms with Crippen LogP contribution in [0.25, 0.3) is 0 Å². The van der Waals surface area contributed by atoms with Crippen LogP contribution in [0.2, 0.25) is 0 Å². The molecule has 0 aromatic heterocycles. The normalized spacial score (nSPS) is 23.2. The first-order valence-corrected chi connectivity index (χ1v) is 6.38. The molecular formula is C14H20N2O3. The van der Waals surface area contributed by atoms with Crippen LogP contribution in [-0.4, -0.2) is 41.7 Å². The number of nitrogens with two attached hydrogens (primary N) is 1. The largest absolute Gasteiger partial charge is 0.495 e. The zero-order valence-electron chi connectivity index (χ0n) is 11.3. The van der Waals surface area contributed by atoms with Crippen molar-refractivity contribution in [3.8, 4) is 5.75 Å². The number of rotatable bonds is 2. The number of aliphatic hydroxyl groups is 1. The summed E-state index contributed by atoms with van der Waals surface area (Å²) in [4.78, 5) is 14.0. The van der Waals surface area contributed by atoms with Crippen molar-refractivity contribution in [2.75, 3.05) is 25.9 Å². The molecule has 0 radical (unpaired) electrons. The number of piperidine rings is 1. The minimum absolute atomic E-state index is 0.102. The third-order valence-corrected chi connectivity index (χ3v) is 3.44. The summed E-state index contributed by atoms with van der Waals surface area (Å²) in [5.74, 6) is 0.455. The van der Waals surface area contributed by atoms with Crippen LogP contribution in [0, 0.1) is 0 Å². The fraction of sp³-hybridized carbons (Fsp3) is 0.500. The minimum atomic E-state index is -0.800. The molecule has 0 bridgehead atoms. The smallest absolute Gasteiger partial charge is 0.254 e. The molecule has 5 nitrogen and oxygen atoms in total. The summed E-state index contributed by atoms with van der Waals surface area (Å²) < 4.78 is 5.07. The Kier molecular flexibility index (Phi) is 3.66. The SMILES string of the molecule is COc1ccc(C(=O)N2CCCC(C)(O)C2)cc1N. The quantitative estimate of drug-likeness (QED) is 0.789. The Labute approximate surface area is 113 Å². The van der Waals surface area contributed by atoms with Crippen LogP contribution < -0.4 is 10.5 Å². The van der Waals surface area contributed by atoms with Gasteiger partial charge < -0.3 is 20.5 Å².